The van der Waals surface area contributed by atoms with Crippen LogP contribution in [0.15, 0.2) is 6.33 Å². The molecule has 70 valence electrons. The van der Waals surface area contributed by atoms with E-state index in [1.165, 1.54) is 6.33 Å². The highest BCUT2D eigenvalue weighted by Gasteiger charge is 2.46. The lowest BCUT2D eigenvalue weighted by Crippen LogP contribution is -2.48. The first-order valence-corrected chi connectivity index (χ1v) is 4.27. The number of carbonyl (C=O) groups is 1. The van der Waals surface area contributed by atoms with Crippen LogP contribution in [0.1, 0.15) is 25.1 Å². The van der Waals surface area contributed by atoms with E-state index in [0.29, 0.717) is 18.7 Å². The fourth-order valence-electron chi connectivity index (χ4n) is 1.78. The first kappa shape index (κ1) is 8.22. The van der Waals surface area contributed by atoms with Gasteiger partial charge in [0.25, 0.3) is 0 Å². The first-order valence-electron chi connectivity index (χ1n) is 4.27. The van der Waals surface area contributed by atoms with E-state index in [2.05, 4.69) is 10.2 Å². The minimum Gasteiger partial charge on any atom is -0.479 e. The van der Waals surface area contributed by atoms with Crippen molar-refractivity contribution in [3.8, 4) is 0 Å². The molecular weight excluding hydrogens is 170 g/mol. The molecule has 0 saturated heterocycles. The monoisotopic (exact) mass is 181 g/mol. The zero-order valence-electron chi connectivity index (χ0n) is 7.40. The van der Waals surface area contributed by atoms with Gasteiger partial charge >= 0.3 is 5.97 Å². The summed E-state index contributed by atoms with van der Waals surface area (Å²) in [5.74, 6) is -0.108. The van der Waals surface area contributed by atoms with E-state index in [9.17, 15) is 4.79 Å². The Kier molecular flexibility index (Phi) is 1.61. The van der Waals surface area contributed by atoms with Gasteiger partial charge in [0, 0.05) is 0 Å². The van der Waals surface area contributed by atoms with Crippen molar-refractivity contribution in [2.45, 2.75) is 31.7 Å². The number of carboxylic acids is 1. The number of rotatable bonds is 2. The molecule has 1 aliphatic rings. The largest absolute Gasteiger partial charge is 0.479 e. The summed E-state index contributed by atoms with van der Waals surface area (Å²) in [5.41, 5.74) is -0.756. The van der Waals surface area contributed by atoms with Crippen molar-refractivity contribution in [2.24, 2.45) is 0 Å². The average Bonchev–Trinajstić information content (AvgIpc) is 2.34. The zero-order valence-corrected chi connectivity index (χ0v) is 7.40. The first-order chi connectivity index (χ1) is 6.17. The van der Waals surface area contributed by atoms with Crippen molar-refractivity contribution in [3.05, 3.63) is 12.2 Å². The summed E-state index contributed by atoms with van der Waals surface area (Å²) < 4.78 is 1.67. The summed E-state index contributed by atoms with van der Waals surface area (Å²) >= 11 is 0. The van der Waals surface area contributed by atoms with E-state index in [1.54, 1.807) is 11.5 Å². The third-order valence-electron chi connectivity index (χ3n) is 2.76. The molecule has 1 aliphatic carbocycles. The third kappa shape index (κ3) is 0.961. The molecule has 1 aromatic heterocycles. The number of nitrogens with zero attached hydrogens (tertiary/aromatic N) is 3. The number of aryl methyl sites for hydroxylation is 1. The fourth-order valence-corrected chi connectivity index (χ4v) is 1.78. The van der Waals surface area contributed by atoms with Crippen LogP contribution in [0.25, 0.3) is 0 Å². The standard InChI is InChI=1S/C8H11N3O2/c1-6-10-9-5-11(6)8(7(12)13)3-2-4-8/h5H,2-4H2,1H3,(H,12,13). The summed E-state index contributed by atoms with van der Waals surface area (Å²) in [6.45, 7) is 1.77. The minimum absolute atomic E-state index is 0.669. The van der Waals surface area contributed by atoms with E-state index in [1.807, 2.05) is 0 Å². The van der Waals surface area contributed by atoms with E-state index in [-0.39, 0.29) is 0 Å². The Balaban J connectivity index is 2.43. The highest BCUT2D eigenvalue weighted by molar-refractivity contribution is 5.78. The van der Waals surface area contributed by atoms with Gasteiger partial charge in [-0.05, 0) is 26.2 Å². The van der Waals surface area contributed by atoms with E-state index >= 15 is 0 Å². The minimum atomic E-state index is -0.776. The molecule has 1 heterocycles. The molecule has 13 heavy (non-hydrogen) atoms. The van der Waals surface area contributed by atoms with Crippen LogP contribution in [-0.2, 0) is 10.3 Å². The lowest BCUT2D eigenvalue weighted by Gasteiger charge is -2.38. The maximum absolute atomic E-state index is 11.1. The molecule has 0 spiro atoms. The Hall–Kier alpha value is -1.39. The van der Waals surface area contributed by atoms with Crippen LogP contribution in [0, 0.1) is 6.92 Å². The van der Waals surface area contributed by atoms with Crippen molar-refractivity contribution in [1.29, 1.82) is 0 Å². The number of hydrogen-bond acceptors (Lipinski definition) is 3. The van der Waals surface area contributed by atoms with Crippen molar-refractivity contribution in [2.75, 3.05) is 0 Å². The highest BCUT2D eigenvalue weighted by atomic mass is 16.4. The van der Waals surface area contributed by atoms with Crippen molar-refractivity contribution < 1.29 is 9.90 Å². The van der Waals surface area contributed by atoms with Gasteiger partial charge in [-0.15, -0.1) is 10.2 Å². The lowest BCUT2D eigenvalue weighted by molar-refractivity contribution is -0.152. The molecule has 0 bridgehead atoms. The van der Waals surface area contributed by atoms with Gasteiger partial charge in [-0.1, -0.05) is 0 Å². The Morgan fingerprint density at radius 1 is 1.69 bits per heavy atom. The van der Waals surface area contributed by atoms with Gasteiger partial charge in [-0.25, -0.2) is 4.79 Å². The van der Waals surface area contributed by atoms with Gasteiger partial charge in [0.2, 0.25) is 0 Å². The number of hydrogen-bond donors (Lipinski definition) is 1. The maximum atomic E-state index is 11.1. The molecule has 1 fully saturated rings. The van der Waals surface area contributed by atoms with Crippen LogP contribution in [0.5, 0.6) is 0 Å². The van der Waals surface area contributed by atoms with Gasteiger partial charge in [-0.2, -0.15) is 0 Å². The van der Waals surface area contributed by atoms with Crippen LogP contribution in [-0.4, -0.2) is 25.8 Å². The van der Waals surface area contributed by atoms with Crippen LogP contribution in [0.3, 0.4) is 0 Å². The summed E-state index contributed by atoms with van der Waals surface area (Å²) in [7, 11) is 0. The molecule has 0 unspecified atom stereocenters. The van der Waals surface area contributed by atoms with E-state index in [0.717, 1.165) is 6.42 Å². The van der Waals surface area contributed by atoms with Crippen molar-refractivity contribution in [1.82, 2.24) is 14.8 Å². The predicted octanol–water partition coefficient (Wildman–Crippen LogP) is 0.550. The fraction of sp³-hybridized carbons (Fsp3) is 0.625. The Labute approximate surface area is 75.4 Å². The zero-order chi connectivity index (χ0) is 9.47. The molecule has 0 aromatic carbocycles. The molecule has 5 nitrogen and oxygen atoms in total. The molecule has 0 atom stereocenters. The highest BCUT2D eigenvalue weighted by Crippen LogP contribution is 2.39. The van der Waals surface area contributed by atoms with Gasteiger partial charge in [0.15, 0.2) is 0 Å². The normalized spacial score (nSPS) is 19.5. The van der Waals surface area contributed by atoms with Crippen molar-refractivity contribution in [3.63, 3.8) is 0 Å². The van der Waals surface area contributed by atoms with Crippen LogP contribution in [0.2, 0.25) is 0 Å². The number of aliphatic carboxylic acids is 1. The molecule has 5 heteroatoms. The summed E-state index contributed by atoms with van der Waals surface area (Å²) in [6, 6.07) is 0. The predicted molar refractivity (Wildman–Crippen MR) is 44.2 cm³/mol. The molecule has 0 aliphatic heterocycles. The average molecular weight is 181 g/mol. The molecular formula is C8H11N3O2. The third-order valence-corrected chi connectivity index (χ3v) is 2.76. The summed E-state index contributed by atoms with van der Waals surface area (Å²) in [4.78, 5) is 11.1. The van der Waals surface area contributed by atoms with Gasteiger partial charge < -0.3 is 9.67 Å². The molecule has 1 aromatic rings. The Morgan fingerprint density at radius 3 is 2.69 bits per heavy atom. The molecule has 0 amide bonds. The number of carboxylic acid groups (broad SMARTS) is 1. The van der Waals surface area contributed by atoms with E-state index in [4.69, 9.17) is 5.11 Å². The SMILES string of the molecule is Cc1nncn1C1(C(=O)O)CCC1. The number of aromatic nitrogens is 3. The van der Waals surface area contributed by atoms with Crippen molar-refractivity contribution >= 4 is 5.97 Å². The summed E-state index contributed by atoms with van der Waals surface area (Å²) in [6.07, 6.45) is 3.83. The van der Waals surface area contributed by atoms with Crippen LogP contribution in [0.4, 0.5) is 0 Å². The molecule has 0 radical (unpaired) electrons. The van der Waals surface area contributed by atoms with Gasteiger partial charge in [-0.3, -0.25) is 0 Å². The second-order valence-corrected chi connectivity index (χ2v) is 3.44. The van der Waals surface area contributed by atoms with Crippen LogP contribution < -0.4 is 0 Å². The van der Waals surface area contributed by atoms with E-state index < -0.39 is 11.5 Å². The lowest BCUT2D eigenvalue weighted by atomic mass is 9.76. The van der Waals surface area contributed by atoms with Gasteiger partial charge in [0.1, 0.15) is 17.7 Å². The quantitative estimate of drug-likeness (QED) is 0.723. The molecule has 1 saturated carbocycles. The van der Waals surface area contributed by atoms with Gasteiger partial charge in [0.05, 0.1) is 0 Å². The Bertz CT molecular complexity index is 341. The van der Waals surface area contributed by atoms with Crippen LogP contribution >= 0.6 is 0 Å². The molecule has 1 N–H and O–H groups in total. The topological polar surface area (TPSA) is 68.0 Å². The second-order valence-electron chi connectivity index (χ2n) is 3.44. The smallest absolute Gasteiger partial charge is 0.329 e. The molecule has 2 rings (SSSR count). The second kappa shape index (κ2) is 2.55. The maximum Gasteiger partial charge on any atom is 0.329 e. The summed E-state index contributed by atoms with van der Waals surface area (Å²) in [5, 5.41) is 16.6. The Morgan fingerprint density at radius 2 is 2.38 bits per heavy atom.